The Bertz CT molecular complexity index is 786. The van der Waals surface area contributed by atoms with Gasteiger partial charge in [0.15, 0.2) is 5.78 Å². The van der Waals surface area contributed by atoms with E-state index in [2.05, 4.69) is 11.4 Å². The van der Waals surface area contributed by atoms with Gasteiger partial charge in [0, 0.05) is 31.6 Å². The molecule has 0 saturated heterocycles. The summed E-state index contributed by atoms with van der Waals surface area (Å²) in [6.07, 6.45) is 5.86. The number of rotatable bonds is 10. The summed E-state index contributed by atoms with van der Waals surface area (Å²) < 4.78 is 5.60. The van der Waals surface area contributed by atoms with E-state index < -0.39 is 0 Å². The molecule has 0 aliphatic heterocycles. The number of ether oxygens (including phenoxy) is 1. The number of fused-ring (bicyclic) bond motifs is 1. The molecule has 0 saturated carbocycles. The smallest absolute Gasteiger partial charge is 0.220 e. The summed E-state index contributed by atoms with van der Waals surface area (Å²) in [4.78, 5) is 24.3. The Morgan fingerprint density at radius 2 is 1.71 bits per heavy atom. The Labute approximate surface area is 167 Å². The molecule has 0 aromatic heterocycles. The Balaban J connectivity index is 1.29. The predicted molar refractivity (Wildman–Crippen MR) is 110 cm³/mol. The molecule has 0 atom stereocenters. The van der Waals surface area contributed by atoms with Gasteiger partial charge < -0.3 is 10.1 Å². The quantitative estimate of drug-likeness (QED) is 0.496. The zero-order chi connectivity index (χ0) is 19.6. The van der Waals surface area contributed by atoms with Crippen molar-refractivity contribution in [2.75, 3.05) is 13.2 Å². The van der Waals surface area contributed by atoms with Gasteiger partial charge in [0.25, 0.3) is 0 Å². The average Bonchev–Trinajstić information content (AvgIpc) is 2.74. The highest BCUT2D eigenvalue weighted by Gasteiger charge is 2.14. The van der Waals surface area contributed by atoms with E-state index in [4.69, 9.17) is 4.74 Å². The number of carbonyl (C=O) groups excluding carboxylic acids is 2. The fourth-order valence-electron chi connectivity index (χ4n) is 3.53. The minimum Gasteiger partial charge on any atom is -0.377 e. The fraction of sp³-hybridized carbons (Fsp3) is 0.417. The van der Waals surface area contributed by atoms with Gasteiger partial charge in [-0.1, -0.05) is 42.5 Å². The number of Topliss-reactive ketones (excluding diaryl/α,β-unsaturated/α-hetero) is 1. The van der Waals surface area contributed by atoms with Crippen molar-refractivity contribution in [1.82, 2.24) is 5.32 Å². The molecule has 0 bridgehead atoms. The zero-order valence-corrected chi connectivity index (χ0v) is 16.4. The van der Waals surface area contributed by atoms with Gasteiger partial charge >= 0.3 is 0 Å². The van der Waals surface area contributed by atoms with Gasteiger partial charge in [-0.15, -0.1) is 0 Å². The van der Waals surface area contributed by atoms with E-state index in [9.17, 15) is 9.59 Å². The van der Waals surface area contributed by atoms with Gasteiger partial charge in [-0.05, 0) is 54.9 Å². The zero-order valence-electron chi connectivity index (χ0n) is 16.4. The first kappa shape index (κ1) is 20.3. The Morgan fingerprint density at radius 1 is 0.929 bits per heavy atom. The molecule has 2 aromatic carbocycles. The van der Waals surface area contributed by atoms with Gasteiger partial charge in [-0.2, -0.15) is 0 Å². The standard InChI is InChI=1S/C24H29NO3/c26-23(22-12-11-20-9-4-5-10-21(20)17-22)13-14-24(27)25-15-6-16-28-18-19-7-2-1-3-8-19/h1-3,7-8,11-12,17H,4-6,9-10,13-16,18H2,(H,25,27). The molecule has 4 heteroatoms. The molecule has 4 nitrogen and oxygen atoms in total. The van der Waals surface area contributed by atoms with Crippen LogP contribution in [0.15, 0.2) is 48.5 Å². The van der Waals surface area contributed by atoms with Crippen molar-refractivity contribution in [3.05, 3.63) is 70.8 Å². The molecular formula is C24H29NO3. The summed E-state index contributed by atoms with van der Waals surface area (Å²) in [6, 6.07) is 16.0. The first-order valence-electron chi connectivity index (χ1n) is 10.3. The highest BCUT2D eigenvalue weighted by Crippen LogP contribution is 2.22. The van der Waals surface area contributed by atoms with E-state index >= 15 is 0 Å². The van der Waals surface area contributed by atoms with Crippen LogP contribution in [-0.4, -0.2) is 24.8 Å². The molecule has 0 spiro atoms. The second kappa shape index (κ2) is 10.8. The van der Waals surface area contributed by atoms with Gasteiger partial charge in [0.05, 0.1) is 6.61 Å². The molecule has 148 valence electrons. The topological polar surface area (TPSA) is 55.4 Å². The van der Waals surface area contributed by atoms with Gasteiger partial charge in [0.2, 0.25) is 5.91 Å². The Hall–Kier alpha value is -2.46. The molecule has 0 heterocycles. The third-order valence-corrected chi connectivity index (χ3v) is 5.15. The van der Waals surface area contributed by atoms with Crippen LogP contribution >= 0.6 is 0 Å². The summed E-state index contributed by atoms with van der Waals surface area (Å²) in [5, 5.41) is 2.87. The second-order valence-electron chi connectivity index (χ2n) is 7.36. The highest BCUT2D eigenvalue weighted by atomic mass is 16.5. The molecule has 1 amide bonds. The number of amides is 1. The van der Waals surface area contributed by atoms with Crippen molar-refractivity contribution in [3.63, 3.8) is 0 Å². The normalized spacial score (nSPS) is 13.0. The van der Waals surface area contributed by atoms with Gasteiger partial charge in [-0.25, -0.2) is 0 Å². The largest absolute Gasteiger partial charge is 0.377 e. The SMILES string of the molecule is O=C(CCC(=O)c1ccc2c(c1)CCCC2)NCCCOCc1ccccc1. The monoisotopic (exact) mass is 379 g/mol. The minimum absolute atomic E-state index is 0.0507. The van der Waals surface area contributed by atoms with Crippen molar-refractivity contribution in [2.45, 2.75) is 51.6 Å². The third-order valence-electron chi connectivity index (χ3n) is 5.15. The van der Waals surface area contributed by atoms with Crippen LogP contribution in [0.2, 0.25) is 0 Å². The van der Waals surface area contributed by atoms with Crippen LogP contribution in [0.1, 0.15) is 59.2 Å². The fourth-order valence-corrected chi connectivity index (χ4v) is 3.53. The summed E-state index contributed by atoms with van der Waals surface area (Å²) in [6.45, 7) is 1.76. The van der Waals surface area contributed by atoms with E-state index in [1.165, 1.54) is 24.0 Å². The van der Waals surface area contributed by atoms with Crippen LogP contribution in [0.3, 0.4) is 0 Å². The Morgan fingerprint density at radius 3 is 2.54 bits per heavy atom. The van der Waals surface area contributed by atoms with Crippen molar-refractivity contribution >= 4 is 11.7 Å². The number of benzene rings is 2. The molecule has 0 unspecified atom stereocenters. The maximum absolute atomic E-state index is 12.4. The summed E-state index contributed by atoms with van der Waals surface area (Å²) in [5.74, 6) is -0.0240. The molecule has 1 aliphatic rings. The lowest BCUT2D eigenvalue weighted by molar-refractivity contribution is -0.121. The summed E-state index contributed by atoms with van der Waals surface area (Å²) >= 11 is 0. The lowest BCUT2D eigenvalue weighted by atomic mass is 9.89. The molecule has 28 heavy (non-hydrogen) atoms. The summed E-state index contributed by atoms with van der Waals surface area (Å²) in [7, 11) is 0. The van der Waals surface area contributed by atoms with Gasteiger partial charge in [0.1, 0.15) is 0 Å². The van der Waals surface area contributed by atoms with E-state index in [1.54, 1.807) is 0 Å². The van der Waals surface area contributed by atoms with Crippen molar-refractivity contribution in [1.29, 1.82) is 0 Å². The lowest BCUT2D eigenvalue weighted by Crippen LogP contribution is -2.25. The van der Waals surface area contributed by atoms with Crippen LogP contribution in [0.25, 0.3) is 0 Å². The van der Waals surface area contributed by atoms with Crippen LogP contribution in [0.5, 0.6) is 0 Å². The van der Waals surface area contributed by atoms with Crippen LogP contribution in [0, 0.1) is 0 Å². The molecule has 0 radical (unpaired) electrons. The van der Waals surface area contributed by atoms with E-state index in [0.29, 0.717) is 19.8 Å². The van der Waals surface area contributed by atoms with E-state index in [1.807, 2.05) is 42.5 Å². The molecular weight excluding hydrogens is 350 g/mol. The number of hydrogen-bond donors (Lipinski definition) is 1. The summed E-state index contributed by atoms with van der Waals surface area (Å²) in [5.41, 5.74) is 4.56. The average molecular weight is 380 g/mol. The maximum Gasteiger partial charge on any atom is 0.220 e. The first-order chi connectivity index (χ1) is 13.7. The maximum atomic E-state index is 12.4. The van der Waals surface area contributed by atoms with Crippen molar-refractivity contribution in [2.24, 2.45) is 0 Å². The second-order valence-corrected chi connectivity index (χ2v) is 7.36. The minimum atomic E-state index is -0.0747. The van der Waals surface area contributed by atoms with Crippen LogP contribution in [-0.2, 0) is 29.0 Å². The molecule has 0 fully saturated rings. The number of ketones is 1. The van der Waals surface area contributed by atoms with E-state index in [-0.39, 0.29) is 24.5 Å². The molecule has 2 aromatic rings. The van der Waals surface area contributed by atoms with Crippen LogP contribution < -0.4 is 5.32 Å². The van der Waals surface area contributed by atoms with Crippen molar-refractivity contribution in [3.8, 4) is 0 Å². The molecule has 1 aliphatic carbocycles. The number of nitrogens with one attached hydrogen (secondary N) is 1. The van der Waals surface area contributed by atoms with Crippen molar-refractivity contribution < 1.29 is 14.3 Å². The highest BCUT2D eigenvalue weighted by molar-refractivity contribution is 5.98. The predicted octanol–water partition coefficient (Wildman–Crippen LogP) is 4.25. The molecule has 3 rings (SSSR count). The van der Waals surface area contributed by atoms with E-state index in [0.717, 1.165) is 30.4 Å². The lowest BCUT2D eigenvalue weighted by Gasteiger charge is -2.16. The Kier molecular flexibility index (Phi) is 7.80. The number of aryl methyl sites for hydroxylation is 2. The first-order valence-corrected chi connectivity index (χ1v) is 10.3. The van der Waals surface area contributed by atoms with Crippen LogP contribution in [0.4, 0.5) is 0 Å². The van der Waals surface area contributed by atoms with Gasteiger partial charge in [-0.3, -0.25) is 9.59 Å². The third kappa shape index (κ3) is 6.31. The molecule has 1 N–H and O–H groups in total. The number of hydrogen-bond acceptors (Lipinski definition) is 3. The number of carbonyl (C=O) groups is 2.